The van der Waals surface area contributed by atoms with E-state index in [-0.39, 0.29) is 0 Å². The van der Waals surface area contributed by atoms with E-state index in [0.717, 1.165) is 12.2 Å². The van der Waals surface area contributed by atoms with E-state index in [9.17, 15) is 0 Å². The number of pyridine rings is 1. The lowest BCUT2D eigenvalue weighted by atomic mass is 10.2. The first kappa shape index (κ1) is 13.9. The summed E-state index contributed by atoms with van der Waals surface area (Å²) in [4.78, 5) is 6.44. The van der Waals surface area contributed by atoms with Crippen LogP contribution in [0.25, 0.3) is 0 Å². The zero-order valence-electron chi connectivity index (χ0n) is 10.7. The summed E-state index contributed by atoms with van der Waals surface area (Å²) in [6.45, 7) is 4.37. The first-order chi connectivity index (χ1) is 8.19. The third kappa shape index (κ3) is 4.27. The number of aromatic nitrogens is 1. The van der Waals surface area contributed by atoms with Crippen molar-refractivity contribution in [1.82, 2.24) is 4.98 Å². The van der Waals surface area contributed by atoms with Crippen molar-refractivity contribution in [1.29, 1.82) is 5.26 Å². The Bertz CT molecular complexity index is 386. The summed E-state index contributed by atoms with van der Waals surface area (Å²) in [5.74, 6) is 3.21. The second-order valence-corrected chi connectivity index (χ2v) is 5.35. The van der Waals surface area contributed by atoms with Crippen molar-refractivity contribution in [2.24, 2.45) is 0 Å². The summed E-state index contributed by atoms with van der Waals surface area (Å²) < 4.78 is 0. The van der Waals surface area contributed by atoms with Gasteiger partial charge in [0.05, 0.1) is 11.6 Å². The minimum atomic E-state index is 0.440. The van der Waals surface area contributed by atoms with Gasteiger partial charge in [0, 0.05) is 19.3 Å². The minimum Gasteiger partial charge on any atom is -0.357 e. The SMILES string of the molecule is CCSCCC(C)N(C)c1cc(C#N)ccn1. The molecule has 0 saturated heterocycles. The quantitative estimate of drug-likeness (QED) is 0.727. The molecule has 0 aliphatic heterocycles. The molecule has 0 aliphatic rings. The molecule has 1 atom stereocenters. The number of thioether (sulfide) groups is 1. The monoisotopic (exact) mass is 249 g/mol. The first-order valence-corrected chi connectivity index (χ1v) is 7.01. The Balaban J connectivity index is 2.61. The molecule has 0 aromatic carbocycles. The van der Waals surface area contributed by atoms with Gasteiger partial charge in [-0.05, 0) is 37.0 Å². The van der Waals surface area contributed by atoms with Crippen molar-refractivity contribution in [3.8, 4) is 6.07 Å². The van der Waals surface area contributed by atoms with Crippen LogP contribution in [0.5, 0.6) is 0 Å². The summed E-state index contributed by atoms with van der Waals surface area (Å²) in [6, 6.07) is 6.15. The Morgan fingerprint density at radius 1 is 1.59 bits per heavy atom. The third-order valence-electron chi connectivity index (χ3n) is 2.78. The predicted octanol–water partition coefficient (Wildman–Crippen LogP) is 2.92. The molecule has 17 heavy (non-hydrogen) atoms. The second kappa shape index (κ2) is 7.18. The summed E-state index contributed by atoms with van der Waals surface area (Å²) >= 11 is 1.96. The molecule has 0 amide bonds. The smallest absolute Gasteiger partial charge is 0.129 e. The van der Waals surface area contributed by atoms with E-state index in [1.165, 1.54) is 11.5 Å². The fourth-order valence-electron chi connectivity index (χ4n) is 1.50. The molecule has 0 fully saturated rings. The Morgan fingerprint density at radius 3 is 3.00 bits per heavy atom. The molecule has 3 nitrogen and oxygen atoms in total. The Morgan fingerprint density at radius 2 is 2.35 bits per heavy atom. The highest BCUT2D eigenvalue weighted by Gasteiger charge is 2.11. The van der Waals surface area contributed by atoms with Gasteiger partial charge in [-0.15, -0.1) is 0 Å². The van der Waals surface area contributed by atoms with Crippen molar-refractivity contribution in [2.45, 2.75) is 26.3 Å². The van der Waals surface area contributed by atoms with E-state index in [1.54, 1.807) is 12.3 Å². The van der Waals surface area contributed by atoms with Crippen LogP contribution in [0, 0.1) is 11.3 Å². The van der Waals surface area contributed by atoms with E-state index in [0.29, 0.717) is 11.6 Å². The summed E-state index contributed by atoms with van der Waals surface area (Å²) in [5.41, 5.74) is 0.664. The van der Waals surface area contributed by atoms with Gasteiger partial charge in [-0.2, -0.15) is 17.0 Å². The molecule has 0 radical (unpaired) electrons. The largest absolute Gasteiger partial charge is 0.357 e. The number of nitriles is 1. The van der Waals surface area contributed by atoms with Crippen molar-refractivity contribution in [3.63, 3.8) is 0 Å². The molecule has 1 aromatic rings. The lowest BCUT2D eigenvalue weighted by molar-refractivity contribution is 0.662. The van der Waals surface area contributed by atoms with E-state index in [1.807, 2.05) is 24.9 Å². The maximum absolute atomic E-state index is 8.86. The molecule has 0 aliphatic carbocycles. The summed E-state index contributed by atoms with van der Waals surface area (Å²) in [6.07, 6.45) is 2.82. The van der Waals surface area contributed by atoms with E-state index < -0.39 is 0 Å². The number of rotatable bonds is 6. The zero-order valence-corrected chi connectivity index (χ0v) is 11.5. The predicted molar refractivity (Wildman–Crippen MR) is 74.4 cm³/mol. The van der Waals surface area contributed by atoms with Gasteiger partial charge < -0.3 is 4.90 Å². The standard InChI is InChI=1S/C13H19N3S/c1-4-17-8-6-11(2)16(3)13-9-12(10-14)5-7-15-13/h5,7,9,11H,4,6,8H2,1-3H3. The van der Waals surface area contributed by atoms with Crippen LogP contribution in [-0.2, 0) is 0 Å². The average molecular weight is 249 g/mol. The van der Waals surface area contributed by atoms with Crippen LogP contribution in [0.3, 0.4) is 0 Å². The van der Waals surface area contributed by atoms with Gasteiger partial charge >= 0.3 is 0 Å². The van der Waals surface area contributed by atoms with Crippen molar-refractivity contribution < 1.29 is 0 Å². The van der Waals surface area contributed by atoms with Crippen LogP contribution < -0.4 is 4.90 Å². The maximum atomic E-state index is 8.86. The molecule has 0 saturated carbocycles. The van der Waals surface area contributed by atoms with Gasteiger partial charge in [-0.3, -0.25) is 0 Å². The van der Waals surface area contributed by atoms with Gasteiger partial charge in [0.1, 0.15) is 5.82 Å². The molecule has 0 N–H and O–H groups in total. The molecule has 1 unspecified atom stereocenters. The Hall–Kier alpha value is -1.21. The van der Waals surface area contributed by atoms with Crippen LogP contribution in [0.1, 0.15) is 25.8 Å². The normalized spacial score (nSPS) is 11.9. The van der Waals surface area contributed by atoms with E-state index in [2.05, 4.69) is 29.8 Å². The van der Waals surface area contributed by atoms with E-state index in [4.69, 9.17) is 5.26 Å². The van der Waals surface area contributed by atoms with Gasteiger partial charge in [-0.1, -0.05) is 6.92 Å². The van der Waals surface area contributed by atoms with Gasteiger partial charge in [-0.25, -0.2) is 4.98 Å². The van der Waals surface area contributed by atoms with E-state index >= 15 is 0 Å². The summed E-state index contributed by atoms with van der Waals surface area (Å²) in [7, 11) is 2.03. The molecular formula is C13H19N3S. The molecule has 1 heterocycles. The molecule has 0 spiro atoms. The number of hydrogen-bond donors (Lipinski definition) is 0. The fraction of sp³-hybridized carbons (Fsp3) is 0.538. The molecular weight excluding hydrogens is 230 g/mol. The molecule has 92 valence electrons. The fourth-order valence-corrected chi connectivity index (χ4v) is 2.29. The lowest BCUT2D eigenvalue weighted by Crippen LogP contribution is -2.30. The van der Waals surface area contributed by atoms with Crippen LogP contribution in [-0.4, -0.2) is 29.6 Å². The summed E-state index contributed by atoms with van der Waals surface area (Å²) in [5, 5.41) is 8.86. The number of nitrogens with zero attached hydrogens (tertiary/aromatic N) is 3. The average Bonchev–Trinajstić information content (AvgIpc) is 2.38. The van der Waals surface area contributed by atoms with Crippen molar-refractivity contribution in [2.75, 3.05) is 23.5 Å². The Labute approximate surface area is 108 Å². The van der Waals surface area contributed by atoms with Gasteiger partial charge in [0.2, 0.25) is 0 Å². The van der Waals surface area contributed by atoms with Crippen LogP contribution in [0.2, 0.25) is 0 Å². The first-order valence-electron chi connectivity index (χ1n) is 5.85. The third-order valence-corrected chi connectivity index (χ3v) is 3.71. The van der Waals surface area contributed by atoms with Crippen molar-refractivity contribution >= 4 is 17.6 Å². The number of hydrogen-bond acceptors (Lipinski definition) is 4. The minimum absolute atomic E-state index is 0.440. The van der Waals surface area contributed by atoms with Crippen LogP contribution >= 0.6 is 11.8 Å². The number of anilines is 1. The Kier molecular flexibility index (Phi) is 5.85. The highest BCUT2D eigenvalue weighted by atomic mass is 32.2. The highest BCUT2D eigenvalue weighted by molar-refractivity contribution is 7.99. The zero-order chi connectivity index (χ0) is 12.7. The van der Waals surface area contributed by atoms with Gasteiger partial charge in [0.25, 0.3) is 0 Å². The molecule has 1 aromatic heterocycles. The highest BCUT2D eigenvalue weighted by Crippen LogP contribution is 2.16. The molecule has 4 heteroatoms. The lowest BCUT2D eigenvalue weighted by Gasteiger charge is -2.25. The van der Waals surface area contributed by atoms with Crippen LogP contribution in [0.15, 0.2) is 18.3 Å². The van der Waals surface area contributed by atoms with Gasteiger partial charge in [0.15, 0.2) is 0 Å². The second-order valence-electron chi connectivity index (χ2n) is 3.96. The molecule has 1 rings (SSSR count). The van der Waals surface area contributed by atoms with Crippen LogP contribution in [0.4, 0.5) is 5.82 Å². The van der Waals surface area contributed by atoms with Crippen molar-refractivity contribution in [3.05, 3.63) is 23.9 Å². The topological polar surface area (TPSA) is 39.9 Å². The molecule has 0 bridgehead atoms. The maximum Gasteiger partial charge on any atom is 0.129 e.